The number of hydrogen-bond acceptors (Lipinski definition) is 0. The van der Waals surface area contributed by atoms with E-state index in [2.05, 4.69) is 143 Å². The lowest BCUT2D eigenvalue weighted by Gasteiger charge is -2.42. The summed E-state index contributed by atoms with van der Waals surface area (Å²) in [5.41, 5.74) is 12.4. The van der Waals surface area contributed by atoms with Crippen LogP contribution in [-0.4, -0.2) is 0 Å². The normalized spacial score (nSPS) is 16.8. The van der Waals surface area contributed by atoms with Crippen LogP contribution >= 0.6 is 0 Å². The molecular formula is C36H34. The second-order valence-corrected chi connectivity index (χ2v) is 11.4. The van der Waals surface area contributed by atoms with Crippen LogP contribution in [0.5, 0.6) is 0 Å². The third-order valence-corrected chi connectivity index (χ3v) is 8.29. The van der Waals surface area contributed by atoms with Gasteiger partial charge in [0.1, 0.15) is 0 Å². The average Bonchev–Trinajstić information content (AvgIpc) is 3.48. The van der Waals surface area contributed by atoms with Crippen LogP contribution in [-0.2, 0) is 11.8 Å². The van der Waals surface area contributed by atoms with E-state index in [1.807, 2.05) is 0 Å². The van der Waals surface area contributed by atoms with Crippen molar-refractivity contribution in [3.63, 3.8) is 0 Å². The minimum Gasteiger partial charge on any atom is -0.0720 e. The molecule has 4 aromatic carbocycles. The molecule has 0 saturated carbocycles. The summed E-state index contributed by atoms with van der Waals surface area (Å²) < 4.78 is 0. The van der Waals surface area contributed by atoms with Gasteiger partial charge in [0.15, 0.2) is 0 Å². The Kier molecular flexibility index (Phi) is 5.38. The molecule has 4 aromatic rings. The highest BCUT2D eigenvalue weighted by Gasteiger charge is 2.47. The first-order chi connectivity index (χ1) is 17.4. The van der Waals surface area contributed by atoms with Crippen molar-refractivity contribution in [3.05, 3.63) is 154 Å². The number of hydrogen-bond donors (Lipinski definition) is 0. The molecule has 0 saturated heterocycles. The summed E-state index contributed by atoms with van der Waals surface area (Å²) >= 11 is 0. The molecular weight excluding hydrogens is 432 g/mol. The molecule has 0 aromatic heterocycles. The molecule has 1 unspecified atom stereocenters. The van der Waals surface area contributed by atoms with Gasteiger partial charge in [-0.25, -0.2) is 0 Å². The van der Waals surface area contributed by atoms with E-state index in [-0.39, 0.29) is 16.7 Å². The standard InChI is InChI=1S/C36H34/c1-25-22-29(35(2,3)4)24-34(25)36(27-15-7-5-8-16-27,28-17-9-6-10-18-28)33-21-13-20-31-30-19-12-11-14-26(30)23-32(31)33/h5-22,24,34H,23H2,1-4H3. The van der Waals surface area contributed by atoms with Gasteiger partial charge in [-0.3, -0.25) is 0 Å². The molecule has 0 N–H and O–H groups in total. The molecule has 6 rings (SSSR count). The Bertz CT molecular complexity index is 1440. The maximum Gasteiger partial charge on any atom is 0.0554 e. The lowest BCUT2D eigenvalue weighted by atomic mass is 9.59. The largest absolute Gasteiger partial charge is 0.0720 e. The first-order valence-electron chi connectivity index (χ1n) is 13.1. The van der Waals surface area contributed by atoms with Crippen LogP contribution in [0.15, 0.2) is 126 Å². The van der Waals surface area contributed by atoms with Gasteiger partial charge in [-0.15, -0.1) is 0 Å². The maximum absolute atomic E-state index is 2.57. The summed E-state index contributed by atoms with van der Waals surface area (Å²) in [6, 6.07) is 38.4. The van der Waals surface area contributed by atoms with Gasteiger partial charge in [0, 0.05) is 5.92 Å². The molecule has 0 heterocycles. The van der Waals surface area contributed by atoms with Crippen molar-refractivity contribution in [2.45, 2.75) is 39.5 Å². The van der Waals surface area contributed by atoms with Crippen LogP contribution in [0.2, 0.25) is 0 Å². The third-order valence-electron chi connectivity index (χ3n) is 8.29. The second-order valence-electron chi connectivity index (χ2n) is 11.4. The summed E-state index contributed by atoms with van der Waals surface area (Å²) in [6.07, 6.45) is 5.99. The van der Waals surface area contributed by atoms with Gasteiger partial charge in [0.2, 0.25) is 0 Å². The van der Waals surface area contributed by atoms with Crippen LogP contribution < -0.4 is 0 Å². The van der Waals surface area contributed by atoms with Crippen molar-refractivity contribution < 1.29 is 0 Å². The third kappa shape index (κ3) is 3.43. The van der Waals surface area contributed by atoms with E-state index in [0.717, 1.165) is 6.42 Å². The molecule has 0 amide bonds. The highest BCUT2D eigenvalue weighted by Crippen LogP contribution is 2.55. The zero-order valence-electron chi connectivity index (χ0n) is 21.8. The minimum absolute atomic E-state index is 0.101. The number of benzene rings is 4. The maximum atomic E-state index is 2.57. The van der Waals surface area contributed by atoms with Gasteiger partial charge in [-0.1, -0.05) is 142 Å². The Balaban J connectivity index is 1.72. The SMILES string of the molecule is CC1=CC(C(C)(C)C)=CC1C(c1ccccc1)(c1ccccc1)c1cccc2c1Cc1ccccc1-2. The molecule has 0 radical (unpaired) electrons. The second kappa shape index (κ2) is 8.49. The summed E-state index contributed by atoms with van der Waals surface area (Å²) in [6.45, 7) is 9.32. The predicted octanol–water partition coefficient (Wildman–Crippen LogP) is 9.14. The Hall–Kier alpha value is -3.64. The Morgan fingerprint density at radius 2 is 1.22 bits per heavy atom. The molecule has 1 atom stereocenters. The Morgan fingerprint density at radius 3 is 1.83 bits per heavy atom. The topological polar surface area (TPSA) is 0 Å². The first kappa shape index (κ1) is 22.8. The van der Waals surface area contributed by atoms with E-state index in [1.165, 1.54) is 50.1 Å². The van der Waals surface area contributed by atoms with E-state index in [0.29, 0.717) is 0 Å². The lowest BCUT2D eigenvalue weighted by molar-refractivity contribution is 0.490. The number of rotatable bonds is 4. The fourth-order valence-corrected chi connectivity index (χ4v) is 6.56. The van der Waals surface area contributed by atoms with Gasteiger partial charge >= 0.3 is 0 Å². The number of fused-ring (bicyclic) bond motifs is 3. The molecule has 0 fully saturated rings. The van der Waals surface area contributed by atoms with Gasteiger partial charge in [-0.05, 0) is 63.3 Å². The minimum atomic E-state index is -0.330. The smallest absolute Gasteiger partial charge is 0.0554 e. The fourth-order valence-electron chi connectivity index (χ4n) is 6.56. The van der Waals surface area contributed by atoms with Crippen LogP contribution in [0, 0.1) is 11.3 Å². The highest BCUT2D eigenvalue weighted by molar-refractivity contribution is 5.79. The van der Waals surface area contributed by atoms with Crippen LogP contribution in [0.1, 0.15) is 55.5 Å². The zero-order valence-corrected chi connectivity index (χ0v) is 21.8. The van der Waals surface area contributed by atoms with E-state index >= 15 is 0 Å². The molecule has 0 heteroatoms. The molecule has 0 aliphatic heterocycles. The Labute approximate surface area is 216 Å². The molecule has 2 aliphatic carbocycles. The number of allylic oxidation sites excluding steroid dienone is 4. The van der Waals surface area contributed by atoms with Crippen molar-refractivity contribution in [2.24, 2.45) is 11.3 Å². The average molecular weight is 467 g/mol. The van der Waals surface area contributed by atoms with Gasteiger partial charge < -0.3 is 0 Å². The van der Waals surface area contributed by atoms with E-state index in [1.54, 1.807) is 0 Å². The highest BCUT2D eigenvalue weighted by atomic mass is 14.5. The van der Waals surface area contributed by atoms with Crippen molar-refractivity contribution in [1.29, 1.82) is 0 Å². The first-order valence-corrected chi connectivity index (χ1v) is 13.1. The van der Waals surface area contributed by atoms with Gasteiger partial charge in [0.25, 0.3) is 0 Å². The van der Waals surface area contributed by atoms with Crippen molar-refractivity contribution in [1.82, 2.24) is 0 Å². The van der Waals surface area contributed by atoms with Crippen LogP contribution in [0.4, 0.5) is 0 Å². The molecule has 36 heavy (non-hydrogen) atoms. The zero-order chi connectivity index (χ0) is 24.9. The molecule has 0 nitrogen and oxygen atoms in total. The van der Waals surface area contributed by atoms with Gasteiger partial charge in [-0.2, -0.15) is 0 Å². The fraction of sp³-hybridized carbons (Fsp3) is 0.222. The van der Waals surface area contributed by atoms with E-state index < -0.39 is 0 Å². The molecule has 0 bridgehead atoms. The summed E-state index contributed by atoms with van der Waals surface area (Å²) in [5.74, 6) is 0.228. The van der Waals surface area contributed by atoms with E-state index in [9.17, 15) is 0 Å². The van der Waals surface area contributed by atoms with Gasteiger partial charge in [0.05, 0.1) is 5.41 Å². The Morgan fingerprint density at radius 1 is 0.639 bits per heavy atom. The van der Waals surface area contributed by atoms with Crippen LogP contribution in [0.3, 0.4) is 0 Å². The monoisotopic (exact) mass is 466 g/mol. The van der Waals surface area contributed by atoms with Crippen LogP contribution in [0.25, 0.3) is 11.1 Å². The van der Waals surface area contributed by atoms with Crippen molar-refractivity contribution in [3.8, 4) is 11.1 Å². The quantitative estimate of drug-likeness (QED) is 0.232. The van der Waals surface area contributed by atoms with E-state index in [4.69, 9.17) is 0 Å². The summed E-state index contributed by atoms with van der Waals surface area (Å²) in [4.78, 5) is 0. The molecule has 0 spiro atoms. The van der Waals surface area contributed by atoms with Crippen molar-refractivity contribution in [2.75, 3.05) is 0 Å². The summed E-state index contributed by atoms with van der Waals surface area (Å²) in [5, 5.41) is 0. The van der Waals surface area contributed by atoms with Crippen molar-refractivity contribution >= 4 is 0 Å². The lowest BCUT2D eigenvalue weighted by Crippen LogP contribution is -2.38. The molecule has 178 valence electrons. The summed E-state index contributed by atoms with van der Waals surface area (Å²) in [7, 11) is 0. The molecule has 2 aliphatic rings. The predicted molar refractivity (Wildman–Crippen MR) is 152 cm³/mol.